The summed E-state index contributed by atoms with van der Waals surface area (Å²) < 4.78 is 44.3. The Morgan fingerprint density at radius 2 is 1.95 bits per heavy atom. The minimum absolute atomic E-state index is 0.294. The number of ether oxygens (including phenoxy) is 1. The van der Waals surface area contributed by atoms with E-state index in [9.17, 15) is 13.2 Å². The van der Waals surface area contributed by atoms with Gasteiger partial charge in [0.05, 0.1) is 18.3 Å². The van der Waals surface area contributed by atoms with E-state index in [4.69, 9.17) is 4.74 Å². The molecule has 21 heavy (non-hydrogen) atoms. The average Bonchev–Trinajstić information content (AvgIpc) is 2.69. The lowest BCUT2D eigenvalue weighted by atomic mass is 9.85. The Morgan fingerprint density at radius 3 is 2.76 bits per heavy atom. The second-order valence-corrected chi connectivity index (χ2v) is 6.00. The monoisotopic (exact) mass is 299 g/mol. The molecule has 3 unspecified atom stereocenters. The standard InChI is InChI=1S/C16H20F3NO/c17-16(18,19)13-6-3-5-11(8-13)15-9-20-14-7-2-1-4-12(14)10-21-15/h3,5-6,8,12,14-15,20H,1-2,4,7,9-10H2. The Labute approximate surface area is 122 Å². The minimum Gasteiger partial charge on any atom is -0.372 e. The van der Waals surface area contributed by atoms with Crippen LogP contribution in [0.2, 0.25) is 0 Å². The summed E-state index contributed by atoms with van der Waals surface area (Å²) in [5.74, 6) is 0.495. The minimum atomic E-state index is -4.30. The number of halogens is 3. The summed E-state index contributed by atoms with van der Waals surface area (Å²) in [7, 11) is 0. The van der Waals surface area contributed by atoms with E-state index in [-0.39, 0.29) is 6.10 Å². The zero-order valence-corrected chi connectivity index (χ0v) is 11.8. The maximum atomic E-state index is 12.8. The molecule has 1 saturated carbocycles. The first-order valence-corrected chi connectivity index (χ1v) is 7.56. The molecule has 1 aliphatic heterocycles. The second kappa shape index (κ2) is 5.97. The number of hydrogen-bond donors (Lipinski definition) is 1. The van der Waals surface area contributed by atoms with Gasteiger partial charge < -0.3 is 10.1 Å². The maximum absolute atomic E-state index is 12.8. The number of benzene rings is 1. The number of rotatable bonds is 1. The highest BCUT2D eigenvalue weighted by Gasteiger charge is 2.33. The normalized spacial score (nSPS) is 30.5. The zero-order valence-electron chi connectivity index (χ0n) is 11.8. The highest BCUT2D eigenvalue weighted by atomic mass is 19.4. The van der Waals surface area contributed by atoms with Gasteiger partial charge in [-0.05, 0) is 36.5 Å². The fourth-order valence-electron chi connectivity index (χ4n) is 3.36. The first-order chi connectivity index (χ1) is 10.0. The second-order valence-electron chi connectivity index (χ2n) is 6.00. The van der Waals surface area contributed by atoms with Gasteiger partial charge in [-0.15, -0.1) is 0 Å². The molecule has 2 fully saturated rings. The van der Waals surface area contributed by atoms with Gasteiger partial charge in [0.25, 0.3) is 0 Å². The Balaban J connectivity index is 1.75. The van der Waals surface area contributed by atoms with Crippen LogP contribution < -0.4 is 5.32 Å². The van der Waals surface area contributed by atoms with Crippen molar-refractivity contribution in [1.82, 2.24) is 5.32 Å². The fraction of sp³-hybridized carbons (Fsp3) is 0.625. The zero-order chi connectivity index (χ0) is 14.9. The van der Waals surface area contributed by atoms with Crippen LogP contribution in [0.25, 0.3) is 0 Å². The Hall–Kier alpha value is -1.07. The smallest absolute Gasteiger partial charge is 0.372 e. The quantitative estimate of drug-likeness (QED) is 0.848. The first kappa shape index (κ1) is 14.9. The van der Waals surface area contributed by atoms with E-state index >= 15 is 0 Å². The van der Waals surface area contributed by atoms with Gasteiger partial charge in [0.2, 0.25) is 0 Å². The predicted octanol–water partition coefficient (Wildman–Crippen LogP) is 3.93. The molecule has 1 aliphatic carbocycles. The van der Waals surface area contributed by atoms with E-state index in [1.807, 2.05) is 0 Å². The number of alkyl halides is 3. The molecule has 0 spiro atoms. The molecule has 0 radical (unpaired) electrons. The number of fused-ring (bicyclic) bond motifs is 1. The molecule has 0 aromatic heterocycles. The molecule has 116 valence electrons. The number of nitrogens with one attached hydrogen (secondary N) is 1. The third kappa shape index (κ3) is 3.40. The van der Waals surface area contributed by atoms with Gasteiger partial charge in [-0.2, -0.15) is 13.2 Å². The summed E-state index contributed by atoms with van der Waals surface area (Å²) in [6.07, 6.45) is 0.138. The van der Waals surface area contributed by atoms with Crippen LogP contribution in [0.5, 0.6) is 0 Å². The van der Waals surface area contributed by atoms with Crippen molar-refractivity contribution < 1.29 is 17.9 Å². The van der Waals surface area contributed by atoms with Crippen molar-refractivity contribution in [2.45, 2.75) is 44.0 Å². The van der Waals surface area contributed by atoms with Gasteiger partial charge in [0.1, 0.15) is 0 Å². The lowest BCUT2D eigenvalue weighted by Gasteiger charge is -2.29. The van der Waals surface area contributed by atoms with Crippen LogP contribution in [0.15, 0.2) is 24.3 Å². The fourth-order valence-corrected chi connectivity index (χ4v) is 3.36. The van der Waals surface area contributed by atoms with Crippen LogP contribution in [-0.4, -0.2) is 19.2 Å². The van der Waals surface area contributed by atoms with Crippen LogP contribution in [0.1, 0.15) is 42.9 Å². The van der Waals surface area contributed by atoms with Crippen LogP contribution >= 0.6 is 0 Å². The molecule has 1 aromatic rings. The van der Waals surface area contributed by atoms with Crippen LogP contribution in [0, 0.1) is 5.92 Å². The highest BCUT2D eigenvalue weighted by Crippen LogP contribution is 2.33. The van der Waals surface area contributed by atoms with Crippen molar-refractivity contribution in [3.63, 3.8) is 0 Å². The molecule has 0 amide bonds. The van der Waals surface area contributed by atoms with Crippen LogP contribution in [0.3, 0.4) is 0 Å². The SMILES string of the molecule is FC(F)(F)c1cccc(C2CNC3CCCCC3CO2)c1. The predicted molar refractivity (Wildman–Crippen MR) is 73.9 cm³/mol. The maximum Gasteiger partial charge on any atom is 0.416 e. The third-order valence-electron chi connectivity index (χ3n) is 4.57. The van der Waals surface area contributed by atoms with Crippen molar-refractivity contribution in [2.75, 3.05) is 13.2 Å². The lowest BCUT2D eigenvalue weighted by Crippen LogP contribution is -2.38. The molecule has 1 saturated heterocycles. The van der Waals surface area contributed by atoms with Gasteiger partial charge in [-0.25, -0.2) is 0 Å². The lowest BCUT2D eigenvalue weighted by molar-refractivity contribution is -0.137. The first-order valence-electron chi connectivity index (χ1n) is 7.56. The van der Waals surface area contributed by atoms with Crippen molar-refractivity contribution in [1.29, 1.82) is 0 Å². The summed E-state index contributed by atoms with van der Waals surface area (Å²) in [6, 6.07) is 5.94. The Kier molecular flexibility index (Phi) is 4.22. The number of hydrogen-bond acceptors (Lipinski definition) is 2. The van der Waals surface area contributed by atoms with Gasteiger partial charge in [-0.1, -0.05) is 25.0 Å². The Bertz CT molecular complexity index is 473. The Morgan fingerprint density at radius 1 is 1.14 bits per heavy atom. The van der Waals surface area contributed by atoms with Crippen molar-refractivity contribution in [3.8, 4) is 0 Å². The molecule has 2 nitrogen and oxygen atoms in total. The summed E-state index contributed by atoms with van der Waals surface area (Å²) >= 11 is 0. The molecule has 3 atom stereocenters. The molecular formula is C16H20F3NO. The summed E-state index contributed by atoms with van der Waals surface area (Å²) in [6.45, 7) is 1.22. The van der Waals surface area contributed by atoms with Crippen molar-refractivity contribution in [2.24, 2.45) is 5.92 Å². The van der Waals surface area contributed by atoms with E-state index in [0.717, 1.165) is 18.9 Å². The van der Waals surface area contributed by atoms with Gasteiger partial charge in [0.15, 0.2) is 0 Å². The molecule has 1 heterocycles. The van der Waals surface area contributed by atoms with Gasteiger partial charge in [0, 0.05) is 12.6 Å². The van der Waals surface area contributed by atoms with Crippen LogP contribution in [0.4, 0.5) is 13.2 Å². The molecule has 0 bridgehead atoms. The molecule has 1 aromatic carbocycles. The van der Waals surface area contributed by atoms with E-state index in [1.54, 1.807) is 6.07 Å². The third-order valence-corrected chi connectivity index (χ3v) is 4.57. The van der Waals surface area contributed by atoms with Crippen molar-refractivity contribution >= 4 is 0 Å². The summed E-state index contributed by atoms with van der Waals surface area (Å²) in [5.41, 5.74) is 0.00114. The molecule has 1 N–H and O–H groups in total. The molecule has 2 aliphatic rings. The van der Waals surface area contributed by atoms with E-state index in [2.05, 4.69) is 5.32 Å². The molecule has 5 heteroatoms. The average molecular weight is 299 g/mol. The topological polar surface area (TPSA) is 21.3 Å². The van der Waals surface area contributed by atoms with Gasteiger partial charge in [-0.3, -0.25) is 0 Å². The van der Waals surface area contributed by atoms with E-state index in [0.29, 0.717) is 30.7 Å². The van der Waals surface area contributed by atoms with E-state index < -0.39 is 11.7 Å². The van der Waals surface area contributed by atoms with Gasteiger partial charge >= 0.3 is 6.18 Å². The largest absolute Gasteiger partial charge is 0.416 e. The molecular weight excluding hydrogens is 279 g/mol. The molecule has 3 rings (SSSR count). The van der Waals surface area contributed by atoms with Crippen molar-refractivity contribution in [3.05, 3.63) is 35.4 Å². The van der Waals surface area contributed by atoms with E-state index in [1.165, 1.54) is 25.0 Å². The summed E-state index contributed by atoms with van der Waals surface area (Å²) in [4.78, 5) is 0. The summed E-state index contributed by atoms with van der Waals surface area (Å²) in [5, 5.41) is 3.48. The van der Waals surface area contributed by atoms with Crippen LogP contribution in [-0.2, 0) is 10.9 Å². The highest BCUT2D eigenvalue weighted by molar-refractivity contribution is 5.27.